The van der Waals surface area contributed by atoms with Gasteiger partial charge in [-0.1, -0.05) is 29.8 Å². The first-order valence-corrected chi connectivity index (χ1v) is 6.70. The van der Waals surface area contributed by atoms with Crippen LogP contribution in [0.1, 0.15) is 15.9 Å². The second-order valence-corrected chi connectivity index (χ2v) is 4.86. The summed E-state index contributed by atoms with van der Waals surface area (Å²) < 4.78 is 5.15. The summed E-state index contributed by atoms with van der Waals surface area (Å²) in [4.78, 5) is 22.2. The second kappa shape index (κ2) is 6.85. The molecular weight excluding hydrogens is 324 g/mol. The molecule has 0 unspecified atom stereocenters. The number of hydrogen-bond donors (Lipinski definition) is 3. The number of aromatic carboxylic acids is 1. The van der Waals surface area contributed by atoms with Gasteiger partial charge in [0.05, 0.1) is 0 Å². The lowest BCUT2D eigenvalue weighted by Gasteiger charge is -2.09. The van der Waals surface area contributed by atoms with Crippen LogP contribution in [-0.2, 0) is 4.79 Å². The summed E-state index contributed by atoms with van der Waals surface area (Å²) in [5, 5.41) is 28.5. The molecule has 0 aliphatic rings. The van der Waals surface area contributed by atoms with Gasteiger partial charge in [-0.15, -0.1) is 0 Å². The van der Waals surface area contributed by atoms with E-state index in [1.165, 1.54) is 24.3 Å². The minimum atomic E-state index is -1.37. The molecule has 2 rings (SSSR count). The highest BCUT2D eigenvalue weighted by atomic mass is 35.5. The van der Waals surface area contributed by atoms with Gasteiger partial charge in [-0.25, -0.2) is 9.59 Å². The van der Waals surface area contributed by atoms with Crippen LogP contribution in [0.2, 0.25) is 5.02 Å². The Morgan fingerprint density at radius 2 is 1.70 bits per heavy atom. The molecule has 2 aromatic carbocycles. The fraction of sp³-hybridized carbons (Fsp3) is 0. The molecule has 0 radical (unpaired) electrons. The van der Waals surface area contributed by atoms with E-state index in [0.717, 1.165) is 0 Å². The zero-order chi connectivity index (χ0) is 17.0. The van der Waals surface area contributed by atoms with Gasteiger partial charge in [0.1, 0.15) is 5.56 Å². The molecule has 7 heteroatoms. The van der Waals surface area contributed by atoms with E-state index in [4.69, 9.17) is 21.4 Å². The molecule has 0 bridgehead atoms. The first-order valence-electron chi connectivity index (χ1n) is 6.32. The highest BCUT2D eigenvalue weighted by Crippen LogP contribution is 2.31. The molecule has 0 amide bonds. The van der Waals surface area contributed by atoms with E-state index in [-0.39, 0.29) is 5.75 Å². The molecule has 0 fully saturated rings. The van der Waals surface area contributed by atoms with Crippen molar-refractivity contribution in [3.05, 3.63) is 64.4 Å². The van der Waals surface area contributed by atoms with Crippen molar-refractivity contribution in [2.24, 2.45) is 0 Å². The Hall–Kier alpha value is -2.99. The Morgan fingerprint density at radius 3 is 2.26 bits per heavy atom. The first-order chi connectivity index (χ1) is 10.9. The highest BCUT2D eigenvalue weighted by molar-refractivity contribution is 6.30. The van der Waals surface area contributed by atoms with Crippen molar-refractivity contribution in [1.29, 1.82) is 0 Å². The molecular formula is C16H11ClO6. The molecule has 0 saturated heterocycles. The molecule has 0 heterocycles. The molecule has 0 saturated carbocycles. The number of aliphatic carboxylic acids is 1. The van der Waals surface area contributed by atoms with Gasteiger partial charge >= 0.3 is 11.9 Å². The van der Waals surface area contributed by atoms with E-state index >= 15 is 0 Å². The summed E-state index contributed by atoms with van der Waals surface area (Å²) in [6, 6.07) is 10.1. The third-order valence-electron chi connectivity index (χ3n) is 2.83. The minimum Gasteiger partial charge on any atom is -0.504 e. The topological polar surface area (TPSA) is 104 Å². The molecule has 2 aromatic rings. The van der Waals surface area contributed by atoms with Gasteiger partial charge in [-0.05, 0) is 35.9 Å². The molecule has 6 nitrogen and oxygen atoms in total. The van der Waals surface area contributed by atoms with Gasteiger partial charge in [0.15, 0.2) is 11.5 Å². The Kier molecular flexibility index (Phi) is 4.88. The van der Waals surface area contributed by atoms with Crippen LogP contribution < -0.4 is 4.74 Å². The number of rotatable bonds is 5. The van der Waals surface area contributed by atoms with Crippen LogP contribution in [0.15, 0.2) is 48.2 Å². The third kappa shape index (κ3) is 4.02. The van der Waals surface area contributed by atoms with Crippen molar-refractivity contribution in [2.75, 3.05) is 0 Å². The fourth-order valence-corrected chi connectivity index (χ4v) is 1.87. The number of hydrogen-bond acceptors (Lipinski definition) is 4. The average Bonchev–Trinajstić information content (AvgIpc) is 2.50. The van der Waals surface area contributed by atoms with Gasteiger partial charge in [-0.3, -0.25) is 0 Å². The predicted molar refractivity (Wildman–Crippen MR) is 82.8 cm³/mol. The fourth-order valence-electron chi connectivity index (χ4n) is 1.74. The number of benzene rings is 2. The van der Waals surface area contributed by atoms with E-state index in [2.05, 4.69) is 0 Å². The number of aromatic hydroxyl groups is 1. The number of para-hydroxylation sites is 1. The Labute approximate surface area is 135 Å². The number of phenols is 1. The van der Waals surface area contributed by atoms with Crippen LogP contribution in [0, 0.1) is 0 Å². The summed E-state index contributed by atoms with van der Waals surface area (Å²) in [6.07, 6.45) is 1.23. The maximum Gasteiger partial charge on any atom is 0.371 e. The average molecular weight is 335 g/mol. The molecule has 118 valence electrons. The molecule has 0 atom stereocenters. The number of carbonyl (C=O) groups is 2. The maximum absolute atomic E-state index is 11.3. The summed E-state index contributed by atoms with van der Waals surface area (Å²) >= 11 is 5.75. The van der Waals surface area contributed by atoms with Crippen LogP contribution >= 0.6 is 11.6 Å². The Morgan fingerprint density at radius 1 is 1.04 bits per heavy atom. The van der Waals surface area contributed by atoms with Crippen molar-refractivity contribution in [3.8, 4) is 11.5 Å². The maximum atomic E-state index is 11.3. The largest absolute Gasteiger partial charge is 0.504 e. The zero-order valence-corrected chi connectivity index (χ0v) is 12.3. The lowest BCUT2D eigenvalue weighted by atomic mass is 10.2. The lowest BCUT2D eigenvalue weighted by molar-refractivity contribution is -0.134. The minimum absolute atomic E-state index is 0.271. The molecule has 0 aromatic heterocycles. The van der Waals surface area contributed by atoms with Crippen molar-refractivity contribution in [3.63, 3.8) is 0 Å². The predicted octanol–water partition coefficient (Wildman–Crippen LogP) is 3.25. The molecule has 3 N–H and O–H groups in total. The highest BCUT2D eigenvalue weighted by Gasteiger charge is 2.18. The van der Waals surface area contributed by atoms with Crippen LogP contribution in [0.25, 0.3) is 6.08 Å². The SMILES string of the molecule is O=C(O)/C(=C/c1ccc(Cl)cc1)Oc1cccc(C(=O)O)c1O. The van der Waals surface area contributed by atoms with Crippen molar-refractivity contribution >= 4 is 29.6 Å². The summed E-state index contributed by atoms with van der Waals surface area (Å²) in [6.45, 7) is 0. The summed E-state index contributed by atoms with van der Waals surface area (Å²) in [5.41, 5.74) is 0.124. The molecule has 0 aliphatic heterocycles. The molecule has 0 aliphatic carbocycles. The van der Waals surface area contributed by atoms with Crippen molar-refractivity contribution in [1.82, 2.24) is 0 Å². The number of halogens is 1. The van der Waals surface area contributed by atoms with Gasteiger partial charge < -0.3 is 20.1 Å². The van der Waals surface area contributed by atoms with Gasteiger partial charge in [0.2, 0.25) is 5.76 Å². The quantitative estimate of drug-likeness (QED) is 0.572. The van der Waals surface area contributed by atoms with E-state index < -0.39 is 29.0 Å². The first kappa shape index (κ1) is 16.4. The molecule has 23 heavy (non-hydrogen) atoms. The van der Waals surface area contributed by atoms with E-state index in [9.17, 15) is 19.8 Å². The van der Waals surface area contributed by atoms with Crippen LogP contribution in [0.5, 0.6) is 11.5 Å². The van der Waals surface area contributed by atoms with Gasteiger partial charge in [0.25, 0.3) is 0 Å². The zero-order valence-electron chi connectivity index (χ0n) is 11.6. The third-order valence-corrected chi connectivity index (χ3v) is 3.08. The monoisotopic (exact) mass is 334 g/mol. The molecule has 0 spiro atoms. The second-order valence-electron chi connectivity index (χ2n) is 4.42. The number of carboxylic acids is 2. The van der Waals surface area contributed by atoms with Gasteiger partial charge in [-0.2, -0.15) is 0 Å². The lowest BCUT2D eigenvalue weighted by Crippen LogP contribution is -2.08. The Balaban J connectivity index is 2.37. The van der Waals surface area contributed by atoms with Gasteiger partial charge in [0, 0.05) is 5.02 Å². The Bertz CT molecular complexity index is 780. The summed E-state index contributed by atoms with van der Waals surface area (Å²) in [7, 11) is 0. The van der Waals surface area contributed by atoms with E-state index in [1.807, 2.05) is 0 Å². The summed E-state index contributed by atoms with van der Waals surface area (Å²) in [5.74, 6) is -4.13. The normalized spacial score (nSPS) is 11.1. The smallest absolute Gasteiger partial charge is 0.371 e. The van der Waals surface area contributed by atoms with Crippen LogP contribution in [0.3, 0.4) is 0 Å². The van der Waals surface area contributed by atoms with Crippen LogP contribution in [-0.4, -0.2) is 27.3 Å². The van der Waals surface area contributed by atoms with E-state index in [1.54, 1.807) is 24.3 Å². The van der Waals surface area contributed by atoms with E-state index in [0.29, 0.717) is 10.6 Å². The standard InChI is InChI=1S/C16H11ClO6/c17-10-6-4-9(5-7-10)8-13(16(21)22)23-12-3-1-2-11(14(12)18)15(19)20/h1-8,18H,(H,19,20)(H,21,22)/b13-8-. The van der Waals surface area contributed by atoms with Crippen molar-refractivity contribution in [2.45, 2.75) is 0 Å². The number of carboxylic acid groups (broad SMARTS) is 2. The van der Waals surface area contributed by atoms with Crippen LogP contribution in [0.4, 0.5) is 0 Å². The number of ether oxygens (including phenoxy) is 1. The van der Waals surface area contributed by atoms with Crippen molar-refractivity contribution < 1.29 is 29.6 Å².